The molecule has 0 unspecified atom stereocenters. The second kappa shape index (κ2) is 7.21. The molecule has 4 heteroatoms. The first kappa shape index (κ1) is 16.2. The molecule has 3 nitrogen and oxygen atoms in total. The molecule has 2 rings (SSSR count). The van der Waals surface area contributed by atoms with E-state index in [4.69, 9.17) is 0 Å². The Kier molecular flexibility index (Phi) is 5.57. The summed E-state index contributed by atoms with van der Waals surface area (Å²) in [4.78, 5) is 6.72. The van der Waals surface area contributed by atoms with Gasteiger partial charge in [-0.2, -0.15) is 0 Å². The number of hydrogen-bond donors (Lipinski definition) is 1. The standard InChI is InChI=1S/C17H28FN3/c1-17(2,3)20-12-14-11-15(18)13-19-16(14)21-9-7-5-4-6-8-10-21/h11,13,20H,4-10,12H2,1-3H3. The fourth-order valence-electron chi connectivity index (χ4n) is 2.71. The fraction of sp³-hybridized carbons (Fsp3) is 0.706. The van der Waals surface area contributed by atoms with Crippen LogP contribution in [0.25, 0.3) is 0 Å². The lowest BCUT2D eigenvalue weighted by Crippen LogP contribution is -2.36. The van der Waals surface area contributed by atoms with E-state index in [0.717, 1.165) is 24.5 Å². The van der Waals surface area contributed by atoms with Crippen molar-refractivity contribution in [3.05, 3.63) is 23.6 Å². The maximum Gasteiger partial charge on any atom is 0.141 e. The Bertz CT molecular complexity index is 446. The molecule has 0 bridgehead atoms. The van der Waals surface area contributed by atoms with E-state index in [1.807, 2.05) is 0 Å². The summed E-state index contributed by atoms with van der Waals surface area (Å²) in [6.45, 7) is 9.07. The van der Waals surface area contributed by atoms with Crippen molar-refractivity contribution in [2.24, 2.45) is 0 Å². The lowest BCUT2D eigenvalue weighted by atomic mass is 10.1. The summed E-state index contributed by atoms with van der Waals surface area (Å²) in [5, 5.41) is 3.44. The van der Waals surface area contributed by atoms with E-state index in [1.165, 1.54) is 38.3 Å². The van der Waals surface area contributed by atoms with Crippen LogP contribution in [0.4, 0.5) is 10.2 Å². The zero-order chi connectivity index (χ0) is 15.3. The number of rotatable bonds is 3. The third-order valence-electron chi connectivity index (χ3n) is 3.87. The van der Waals surface area contributed by atoms with E-state index >= 15 is 0 Å². The number of halogens is 1. The quantitative estimate of drug-likeness (QED) is 0.916. The van der Waals surface area contributed by atoms with Crippen LogP contribution in [0.15, 0.2) is 12.3 Å². The van der Waals surface area contributed by atoms with Gasteiger partial charge >= 0.3 is 0 Å². The molecule has 0 aliphatic carbocycles. The minimum absolute atomic E-state index is 0.0137. The van der Waals surface area contributed by atoms with Gasteiger partial charge in [0.2, 0.25) is 0 Å². The number of anilines is 1. The van der Waals surface area contributed by atoms with Gasteiger partial charge in [0.25, 0.3) is 0 Å². The van der Waals surface area contributed by atoms with Crippen LogP contribution in [0.5, 0.6) is 0 Å². The van der Waals surface area contributed by atoms with Crippen LogP contribution in [0, 0.1) is 5.82 Å². The third-order valence-corrected chi connectivity index (χ3v) is 3.87. The van der Waals surface area contributed by atoms with E-state index < -0.39 is 0 Å². The van der Waals surface area contributed by atoms with Crippen molar-refractivity contribution in [2.45, 2.75) is 65.0 Å². The summed E-state index contributed by atoms with van der Waals surface area (Å²) >= 11 is 0. The first-order chi connectivity index (χ1) is 9.96. The molecule has 1 aromatic rings. The van der Waals surface area contributed by atoms with Crippen molar-refractivity contribution in [3.8, 4) is 0 Å². The summed E-state index contributed by atoms with van der Waals surface area (Å²) in [5.41, 5.74) is 0.977. The van der Waals surface area contributed by atoms with E-state index in [0.29, 0.717) is 6.54 Å². The Labute approximate surface area is 127 Å². The number of aromatic nitrogens is 1. The highest BCUT2D eigenvalue weighted by Crippen LogP contribution is 2.22. The van der Waals surface area contributed by atoms with Crippen LogP contribution in [0.3, 0.4) is 0 Å². The molecule has 0 spiro atoms. The van der Waals surface area contributed by atoms with Crippen molar-refractivity contribution >= 4 is 5.82 Å². The largest absolute Gasteiger partial charge is 0.356 e. The maximum atomic E-state index is 13.6. The summed E-state index contributed by atoms with van der Waals surface area (Å²) in [6.07, 6.45) is 7.65. The molecule has 0 aromatic carbocycles. The Hall–Kier alpha value is -1.16. The SMILES string of the molecule is CC(C)(C)NCc1cc(F)cnc1N1CCCCCCC1. The molecule has 0 radical (unpaired) electrons. The van der Waals surface area contributed by atoms with Crippen LogP contribution in [0.1, 0.15) is 58.4 Å². The number of nitrogens with one attached hydrogen (secondary N) is 1. The Morgan fingerprint density at radius 2 is 1.76 bits per heavy atom. The zero-order valence-electron chi connectivity index (χ0n) is 13.6. The molecule has 1 aliphatic rings. The zero-order valence-corrected chi connectivity index (χ0v) is 13.6. The van der Waals surface area contributed by atoms with E-state index in [2.05, 4.69) is 36.0 Å². The number of hydrogen-bond acceptors (Lipinski definition) is 3. The normalized spacial score (nSPS) is 17.4. The van der Waals surface area contributed by atoms with Gasteiger partial charge in [-0.3, -0.25) is 0 Å². The second-order valence-corrected chi connectivity index (χ2v) is 6.99. The summed E-state index contributed by atoms with van der Waals surface area (Å²) in [6, 6.07) is 1.62. The van der Waals surface area contributed by atoms with Gasteiger partial charge in [0.1, 0.15) is 11.6 Å². The molecular weight excluding hydrogens is 265 g/mol. The molecule has 2 heterocycles. The Balaban J connectivity index is 2.16. The number of nitrogens with zero attached hydrogens (tertiary/aromatic N) is 2. The van der Waals surface area contributed by atoms with Crippen LogP contribution in [-0.2, 0) is 6.54 Å². The molecule has 1 aromatic heterocycles. The van der Waals surface area contributed by atoms with E-state index in [-0.39, 0.29) is 11.4 Å². The molecule has 0 amide bonds. The molecule has 0 atom stereocenters. The maximum absolute atomic E-state index is 13.6. The van der Waals surface area contributed by atoms with Gasteiger partial charge in [0.15, 0.2) is 0 Å². The smallest absolute Gasteiger partial charge is 0.141 e. The first-order valence-electron chi connectivity index (χ1n) is 8.10. The second-order valence-electron chi connectivity index (χ2n) is 6.99. The van der Waals surface area contributed by atoms with Crippen molar-refractivity contribution in [1.82, 2.24) is 10.3 Å². The van der Waals surface area contributed by atoms with Crippen LogP contribution in [0.2, 0.25) is 0 Å². The Morgan fingerprint density at radius 3 is 2.38 bits per heavy atom. The van der Waals surface area contributed by atoms with Gasteiger partial charge in [-0.25, -0.2) is 9.37 Å². The van der Waals surface area contributed by atoms with Gasteiger partial charge in [0, 0.05) is 30.7 Å². The van der Waals surface area contributed by atoms with Gasteiger partial charge in [-0.05, 0) is 39.7 Å². The van der Waals surface area contributed by atoms with Crippen molar-refractivity contribution in [3.63, 3.8) is 0 Å². The highest BCUT2D eigenvalue weighted by atomic mass is 19.1. The lowest BCUT2D eigenvalue weighted by Gasteiger charge is -2.29. The van der Waals surface area contributed by atoms with Crippen LogP contribution >= 0.6 is 0 Å². The predicted octanol–water partition coefficient (Wildman–Crippen LogP) is 3.88. The molecule has 1 fully saturated rings. The minimum Gasteiger partial charge on any atom is -0.356 e. The summed E-state index contributed by atoms with van der Waals surface area (Å²) in [7, 11) is 0. The predicted molar refractivity (Wildman–Crippen MR) is 86.1 cm³/mol. The molecule has 1 aliphatic heterocycles. The van der Waals surface area contributed by atoms with Gasteiger partial charge in [0.05, 0.1) is 6.20 Å². The number of pyridine rings is 1. The lowest BCUT2D eigenvalue weighted by molar-refractivity contribution is 0.423. The topological polar surface area (TPSA) is 28.2 Å². The fourth-order valence-corrected chi connectivity index (χ4v) is 2.71. The highest BCUT2D eigenvalue weighted by Gasteiger charge is 2.17. The molecule has 1 saturated heterocycles. The summed E-state index contributed by atoms with van der Waals surface area (Å²) < 4.78 is 13.6. The van der Waals surface area contributed by atoms with Crippen molar-refractivity contribution < 1.29 is 4.39 Å². The van der Waals surface area contributed by atoms with E-state index in [1.54, 1.807) is 6.07 Å². The molecule has 0 saturated carbocycles. The minimum atomic E-state index is -0.253. The van der Waals surface area contributed by atoms with Gasteiger partial charge in [-0.15, -0.1) is 0 Å². The summed E-state index contributed by atoms with van der Waals surface area (Å²) in [5.74, 6) is 0.701. The van der Waals surface area contributed by atoms with Gasteiger partial charge in [-0.1, -0.05) is 19.3 Å². The molecule has 21 heavy (non-hydrogen) atoms. The Morgan fingerprint density at radius 1 is 1.14 bits per heavy atom. The van der Waals surface area contributed by atoms with Crippen LogP contribution < -0.4 is 10.2 Å². The molecule has 1 N–H and O–H groups in total. The average molecular weight is 293 g/mol. The van der Waals surface area contributed by atoms with Crippen molar-refractivity contribution in [2.75, 3.05) is 18.0 Å². The average Bonchev–Trinajstić information content (AvgIpc) is 2.36. The third kappa shape index (κ3) is 5.27. The monoisotopic (exact) mass is 293 g/mol. The molecular formula is C17H28FN3. The highest BCUT2D eigenvalue weighted by molar-refractivity contribution is 5.47. The van der Waals surface area contributed by atoms with Crippen LogP contribution in [-0.4, -0.2) is 23.6 Å². The first-order valence-corrected chi connectivity index (χ1v) is 8.10. The van der Waals surface area contributed by atoms with E-state index in [9.17, 15) is 4.39 Å². The van der Waals surface area contributed by atoms with Gasteiger partial charge < -0.3 is 10.2 Å². The van der Waals surface area contributed by atoms with Crippen molar-refractivity contribution in [1.29, 1.82) is 0 Å². The molecule has 118 valence electrons.